The van der Waals surface area contributed by atoms with E-state index < -0.39 is 0 Å². The van der Waals surface area contributed by atoms with Gasteiger partial charge in [-0.05, 0) is 44.6 Å². The molecule has 1 saturated heterocycles. The maximum absolute atomic E-state index is 3.49. The van der Waals surface area contributed by atoms with Gasteiger partial charge in [-0.1, -0.05) is 19.8 Å². The van der Waals surface area contributed by atoms with Gasteiger partial charge in [0.05, 0.1) is 0 Å². The van der Waals surface area contributed by atoms with Crippen LogP contribution in [0.1, 0.15) is 45.4 Å². The van der Waals surface area contributed by atoms with E-state index in [-0.39, 0.29) is 0 Å². The van der Waals surface area contributed by atoms with Crippen LogP contribution in [-0.4, -0.2) is 37.6 Å². The molecule has 1 heterocycles. The van der Waals surface area contributed by atoms with Crippen LogP contribution in [0.4, 0.5) is 0 Å². The first kappa shape index (κ1) is 12.4. The normalized spacial score (nSPS) is 32.6. The number of hydrogen-bond donors (Lipinski definition) is 1. The first-order valence-corrected chi connectivity index (χ1v) is 7.21. The molecule has 0 aromatic carbocycles. The molecule has 0 radical (unpaired) electrons. The zero-order valence-corrected chi connectivity index (χ0v) is 11.0. The highest BCUT2D eigenvalue weighted by molar-refractivity contribution is 4.85. The lowest BCUT2D eigenvalue weighted by atomic mass is 9.83. The molecule has 2 rings (SSSR count). The Morgan fingerprint density at radius 2 is 2.00 bits per heavy atom. The number of rotatable bonds is 5. The van der Waals surface area contributed by atoms with E-state index in [0.29, 0.717) is 0 Å². The van der Waals surface area contributed by atoms with E-state index in [1.54, 1.807) is 0 Å². The Bertz CT molecular complexity index is 199. The minimum atomic E-state index is 0.741. The second-order valence-corrected chi connectivity index (χ2v) is 5.89. The molecule has 94 valence electrons. The number of likely N-dealkylation sites (tertiary alicyclic amines) is 1. The van der Waals surface area contributed by atoms with Gasteiger partial charge in [-0.2, -0.15) is 0 Å². The van der Waals surface area contributed by atoms with Gasteiger partial charge < -0.3 is 10.2 Å². The highest BCUT2D eigenvalue weighted by atomic mass is 15.2. The third kappa shape index (κ3) is 3.21. The molecule has 1 aliphatic carbocycles. The van der Waals surface area contributed by atoms with Crippen molar-refractivity contribution in [3.63, 3.8) is 0 Å². The fourth-order valence-electron chi connectivity index (χ4n) is 3.32. The van der Waals surface area contributed by atoms with Crippen molar-refractivity contribution in [2.24, 2.45) is 11.8 Å². The number of nitrogens with zero attached hydrogens (tertiary/aromatic N) is 1. The summed E-state index contributed by atoms with van der Waals surface area (Å²) >= 11 is 0. The van der Waals surface area contributed by atoms with Crippen molar-refractivity contribution >= 4 is 0 Å². The quantitative estimate of drug-likeness (QED) is 0.772. The fourth-order valence-corrected chi connectivity index (χ4v) is 3.32. The standard InChI is InChI=1S/C14H28N2/c1-3-5-13-8-14(15-2)11-16(10-13)9-12-6-4-7-12/h12-15H,3-11H2,1-2H3. The van der Waals surface area contributed by atoms with Gasteiger partial charge in [0.15, 0.2) is 0 Å². The molecule has 2 fully saturated rings. The monoisotopic (exact) mass is 224 g/mol. The van der Waals surface area contributed by atoms with Crippen LogP contribution in [-0.2, 0) is 0 Å². The summed E-state index contributed by atoms with van der Waals surface area (Å²) < 4.78 is 0. The van der Waals surface area contributed by atoms with Crippen LogP contribution in [0.15, 0.2) is 0 Å². The first-order valence-electron chi connectivity index (χ1n) is 7.21. The van der Waals surface area contributed by atoms with Crippen LogP contribution in [0.25, 0.3) is 0 Å². The van der Waals surface area contributed by atoms with Crippen molar-refractivity contribution in [2.75, 3.05) is 26.7 Å². The van der Waals surface area contributed by atoms with Crippen LogP contribution >= 0.6 is 0 Å². The molecule has 0 amide bonds. The number of likely N-dealkylation sites (N-methyl/N-ethyl adjacent to an activating group) is 1. The van der Waals surface area contributed by atoms with Crippen molar-refractivity contribution in [3.8, 4) is 0 Å². The molecule has 16 heavy (non-hydrogen) atoms. The second-order valence-electron chi connectivity index (χ2n) is 5.89. The Balaban J connectivity index is 1.80. The maximum atomic E-state index is 3.49. The lowest BCUT2D eigenvalue weighted by Crippen LogP contribution is -2.50. The van der Waals surface area contributed by atoms with E-state index in [1.807, 2.05) is 0 Å². The summed E-state index contributed by atoms with van der Waals surface area (Å²) in [4.78, 5) is 2.73. The smallest absolute Gasteiger partial charge is 0.0195 e. The van der Waals surface area contributed by atoms with Crippen LogP contribution in [0.5, 0.6) is 0 Å². The zero-order valence-electron chi connectivity index (χ0n) is 11.0. The molecule has 2 nitrogen and oxygen atoms in total. The summed E-state index contributed by atoms with van der Waals surface area (Å²) in [7, 11) is 2.13. The highest BCUT2D eigenvalue weighted by Gasteiger charge is 2.28. The largest absolute Gasteiger partial charge is 0.316 e. The predicted molar refractivity (Wildman–Crippen MR) is 69.6 cm³/mol. The van der Waals surface area contributed by atoms with E-state index in [1.165, 1.54) is 58.2 Å². The maximum Gasteiger partial charge on any atom is 0.0195 e. The summed E-state index contributed by atoms with van der Waals surface area (Å²) in [5, 5.41) is 3.49. The van der Waals surface area contributed by atoms with E-state index in [9.17, 15) is 0 Å². The molecular formula is C14H28N2. The van der Waals surface area contributed by atoms with Crippen LogP contribution < -0.4 is 5.32 Å². The highest BCUT2D eigenvalue weighted by Crippen LogP contribution is 2.29. The number of nitrogens with one attached hydrogen (secondary N) is 1. The molecule has 0 spiro atoms. The van der Waals surface area contributed by atoms with Crippen LogP contribution in [0.2, 0.25) is 0 Å². The molecule has 2 aliphatic rings. The number of piperidine rings is 1. The Kier molecular flexibility index (Phi) is 4.66. The Morgan fingerprint density at radius 1 is 1.19 bits per heavy atom. The van der Waals surface area contributed by atoms with Gasteiger partial charge in [0.2, 0.25) is 0 Å². The molecule has 2 heteroatoms. The van der Waals surface area contributed by atoms with Crippen LogP contribution in [0.3, 0.4) is 0 Å². The average molecular weight is 224 g/mol. The summed E-state index contributed by atoms with van der Waals surface area (Å²) in [6.07, 6.45) is 8.61. The van der Waals surface area contributed by atoms with E-state index in [4.69, 9.17) is 0 Å². The van der Waals surface area contributed by atoms with Crippen molar-refractivity contribution in [2.45, 2.75) is 51.5 Å². The minimum absolute atomic E-state index is 0.741. The van der Waals surface area contributed by atoms with Gasteiger partial charge in [0.25, 0.3) is 0 Å². The molecule has 1 aliphatic heterocycles. The third-order valence-corrected chi connectivity index (χ3v) is 4.46. The Morgan fingerprint density at radius 3 is 2.56 bits per heavy atom. The van der Waals surface area contributed by atoms with Gasteiger partial charge >= 0.3 is 0 Å². The minimum Gasteiger partial charge on any atom is -0.316 e. The van der Waals surface area contributed by atoms with Gasteiger partial charge in [0, 0.05) is 25.7 Å². The molecule has 1 N–H and O–H groups in total. The van der Waals surface area contributed by atoms with E-state index in [2.05, 4.69) is 24.2 Å². The predicted octanol–water partition coefficient (Wildman–Crippen LogP) is 2.50. The van der Waals surface area contributed by atoms with Gasteiger partial charge in [-0.25, -0.2) is 0 Å². The van der Waals surface area contributed by atoms with E-state index in [0.717, 1.165) is 17.9 Å². The molecule has 0 bridgehead atoms. The van der Waals surface area contributed by atoms with E-state index >= 15 is 0 Å². The lowest BCUT2D eigenvalue weighted by molar-refractivity contribution is 0.101. The summed E-state index contributed by atoms with van der Waals surface area (Å²) in [6, 6.07) is 0.741. The summed E-state index contributed by atoms with van der Waals surface area (Å²) in [5.41, 5.74) is 0. The van der Waals surface area contributed by atoms with Gasteiger partial charge in [-0.15, -0.1) is 0 Å². The Labute approximate surface area is 101 Å². The zero-order chi connectivity index (χ0) is 11.4. The van der Waals surface area contributed by atoms with Crippen molar-refractivity contribution in [1.29, 1.82) is 0 Å². The fraction of sp³-hybridized carbons (Fsp3) is 1.00. The third-order valence-electron chi connectivity index (χ3n) is 4.46. The van der Waals surface area contributed by atoms with Crippen molar-refractivity contribution in [1.82, 2.24) is 10.2 Å². The Hall–Kier alpha value is -0.0800. The summed E-state index contributed by atoms with van der Waals surface area (Å²) in [6.45, 7) is 6.34. The van der Waals surface area contributed by atoms with Crippen molar-refractivity contribution in [3.05, 3.63) is 0 Å². The van der Waals surface area contributed by atoms with Gasteiger partial charge in [0.1, 0.15) is 0 Å². The molecule has 0 aromatic rings. The molecule has 2 atom stereocenters. The molecule has 2 unspecified atom stereocenters. The molecular weight excluding hydrogens is 196 g/mol. The number of hydrogen-bond acceptors (Lipinski definition) is 2. The molecule has 0 aromatic heterocycles. The molecule has 1 saturated carbocycles. The first-order chi connectivity index (χ1) is 7.81. The summed E-state index contributed by atoms with van der Waals surface area (Å²) in [5.74, 6) is 1.97. The average Bonchev–Trinajstić information content (AvgIpc) is 2.24. The SMILES string of the molecule is CCCC1CC(NC)CN(CC2CCC2)C1. The topological polar surface area (TPSA) is 15.3 Å². The second kappa shape index (κ2) is 6.02. The lowest BCUT2D eigenvalue weighted by Gasteiger charge is -2.41. The van der Waals surface area contributed by atoms with Gasteiger partial charge in [-0.3, -0.25) is 0 Å². The van der Waals surface area contributed by atoms with Crippen LogP contribution in [0, 0.1) is 11.8 Å². The van der Waals surface area contributed by atoms with Crippen molar-refractivity contribution < 1.29 is 0 Å².